The Kier molecular flexibility index (Phi) is 9.64. The lowest BCUT2D eigenvalue weighted by molar-refractivity contribution is -0.119. The molecule has 0 spiro atoms. The maximum Gasteiger partial charge on any atom is 0.323 e. The molecule has 0 saturated carbocycles. The minimum absolute atomic E-state index is 0.0118. The third-order valence-corrected chi connectivity index (χ3v) is 9.23. The molecule has 0 aliphatic heterocycles. The Morgan fingerprint density at radius 1 is 0.824 bits per heavy atom. The van der Waals surface area contributed by atoms with Crippen molar-refractivity contribution in [1.29, 1.82) is 10.5 Å². The van der Waals surface area contributed by atoms with Crippen LogP contribution >= 0.6 is 0 Å². The molecule has 1 unspecified atom stereocenters. The summed E-state index contributed by atoms with van der Waals surface area (Å²) in [5.41, 5.74) is -0.311. The van der Waals surface area contributed by atoms with Crippen LogP contribution in [0.25, 0.3) is 44.4 Å². The molecule has 0 radical (unpaired) electrons. The standard InChI is InChI=1S/C37H19F5N4O4S/c38-25-9-12-31-28(14-25)35(33-23(17-43)5-2-6-24(33)18-44)36(46(31)51(49)27-10-7-20(8-11-27)37(41)42)22-4-1-3-21(13-22)34-29(39)15-26(16-30(34)40)50-19-32(47)45-48/h1-16,37H,19H2. The van der Waals surface area contributed by atoms with Crippen LogP contribution in [0.15, 0.2) is 107 Å². The van der Waals surface area contributed by atoms with Crippen molar-refractivity contribution in [3.8, 4) is 51.4 Å². The van der Waals surface area contributed by atoms with E-state index in [1.807, 2.05) is 12.1 Å². The number of hydrogen-bond donors (Lipinski definition) is 0. The monoisotopic (exact) mass is 710 g/mol. The normalized spacial score (nSPS) is 11.6. The van der Waals surface area contributed by atoms with E-state index in [9.17, 15) is 37.9 Å². The Morgan fingerprint density at radius 3 is 2.06 bits per heavy atom. The van der Waals surface area contributed by atoms with Gasteiger partial charge in [-0.3, -0.25) is 4.79 Å². The number of fused-ring (bicyclic) bond motifs is 1. The van der Waals surface area contributed by atoms with Crippen LogP contribution in [-0.4, -0.2) is 21.0 Å². The first-order valence-electron chi connectivity index (χ1n) is 14.7. The van der Waals surface area contributed by atoms with Crippen molar-refractivity contribution in [3.63, 3.8) is 0 Å². The van der Waals surface area contributed by atoms with Crippen LogP contribution in [0, 0.1) is 45.0 Å². The van der Waals surface area contributed by atoms with E-state index in [0.717, 1.165) is 36.4 Å². The van der Waals surface area contributed by atoms with Crippen LogP contribution in [0.4, 0.5) is 22.0 Å². The molecule has 6 aromatic rings. The lowest BCUT2D eigenvalue weighted by Crippen LogP contribution is -2.14. The lowest BCUT2D eigenvalue weighted by Gasteiger charge is -2.17. The molecule has 1 amide bonds. The fourth-order valence-electron chi connectivity index (χ4n) is 5.67. The zero-order chi connectivity index (χ0) is 36.4. The molecule has 8 nitrogen and oxygen atoms in total. The third-order valence-electron chi connectivity index (χ3n) is 7.85. The molecule has 0 saturated heterocycles. The molecule has 0 aliphatic rings. The smallest absolute Gasteiger partial charge is 0.323 e. The number of ether oxygens (including phenoxy) is 1. The topological polar surface area (TPSA) is 131 Å². The van der Waals surface area contributed by atoms with E-state index < -0.39 is 59.1 Å². The zero-order valence-electron chi connectivity index (χ0n) is 25.7. The quantitative estimate of drug-likeness (QED) is 0.0836. The lowest BCUT2D eigenvalue weighted by atomic mass is 9.90. The summed E-state index contributed by atoms with van der Waals surface area (Å²) in [5.74, 6) is -4.52. The molecule has 0 fully saturated rings. The van der Waals surface area contributed by atoms with Gasteiger partial charge in [-0.1, -0.05) is 24.3 Å². The van der Waals surface area contributed by atoms with Crippen LogP contribution < -0.4 is 4.74 Å². The van der Waals surface area contributed by atoms with E-state index in [1.54, 1.807) is 0 Å². The number of carbonyl (C=O) groups is 1. The summed E-state index contributed by atoms with van der Waals surface area (Å²) in [6.07, 6.45) is -2.79. The second kappa shape index (κ2) is 14.2. The maximum absolute atomic E-state index is 15.5. The summed E-state index contributed by atoms with van der Waals surface area (Å²) in [7, 11) is 0. The summed E-state index contributed by atoms with van der Waals surface area (Å²) in [6, 6.07) is 24.0. The highest BCUT2D eigenvalue weighted by atomic mass is 32.2. The summed E-state index contributed by atoms with van der Waals surface area (Å²) in [5, 5.41) is 22.5. The molecule has 51 heavy (non-hydrogen) atoms. The van der Waals surface area contributed by atoms with E-state index in [1.165, 1.54) is 64.6 Å². The van der Waals surface area contributed by atoms with Crippen LogP contribution in [0.1, 0.15) is 23.1 Å². The Hall–Kier alpha value is -6.35. The van der Waals surface area contributed by atoms with E-state index >= 15 is 8.78 Å². The molecule has 0 aliphatic carbocycles. The van der Waals surface area contributed by atoms with Gasteiger partial charge in [-0.15, -0.1) is 4.91 Å². The van der Waals surface area contributed by atoms with Gasteiger partial charge in [-0.2, -0.15) is 14.5 Å². The second-order valence-corrected chi connectivity index (χ2v) is 12.2. The maximum atomic E-state index is 15.5. The predicted octanol–water partition coefficient (Wildman–Crippen LogP) is 8.98. The number of hydrogen-bond acceptors (Lipinski definition) is 6. The Bertz CT molecular complexity index is 2380. The molecule has 0 bridgehead atoms. The number of halogens is 5. The molecule has 5 aromatic carbocycles. The van der Waals surface area contributed by atoms with Gasteiger partial charge >= 0.3 is 5.91 Å². The molecule has 0 N–H and O–H groups in total. The van der Waals surface area contributed by atoms with Gasteiger partial charge in [0, 0.05) is 44.9 Å². The van der Waals surface area contributed by atoms with Crippen LogP contribution in [0.3, 0.4) is 0 Å². The Labute approximate surface area is 288 Å². The minimum Gasteiger partial charge on any atom is -0.587 e. The molecule has 252 valence electrons. The van der Waals surface area contributed by atoms with Crippen molar-refractivity contribution < 1.29 is 36.0 Å². The van der Waals surface area contributed by atoms with Gasteiger partial charge in [0.25, 0.3) is 6.43 Å². The fourth-order valence-corrected chi connectivity index (χ4v) is 6.95. The average Bonchev–Trinajstić information content (AvgIpc) is 3.46. The molecule has 1 aromatic heterocycles. The highest BCUT2D eigenvalue weighted by molar-refractivity contribution is 7.90. The predicted molar refractivity (Wildman–Crippen MR) is 177 cm³/mol. The first-order valence-corrected chi connectivity index (χ1v) is 15.8. The number of amides is 1. The average molecular weight is 711 g/mol. The number of nitrogens with zero attached hydrogens (tertiary/aromatic N) is 4. The van der Waals surface area contributed by atoms with E-state index in [0.29, 0.717) is 0 Å². The molecular weight excluding hydrogens is 691 g/mol. The number of carbonyl (C=O) groups excluding carboxylic acids is 1. The Balaban J connectivity index is 1.65. The van der Waals surface area contributed by atoms with Gasteiger partial charge in [-0.05, 0) is 66.2 Å². The van der Waals surface area contributed by atoms with Crippen molar-refractivity contribution in [3.05, 3.63) is 136 Å². The fraction of sp³-hybridized carbons (Fsp3) is 0.0541. The summed E-state index contributed by atoms with van der Waals surface area (Å²) < 4.78 is 93.5. The van der Waals surface area contributed by atoms with Gasteiger partial charge in [0.15, 0.2) is 11.5 Å². The van der Waals surface area contributed by atoms with Crippen LogP contribution in [-0.2, 0) is 16.2 Å². The van der Waals surface area contributed by atoms with Gasteiger partial charge < -0.3 is 9.29 Å². The van der Waals surface area contributed by atoms with Crippen molar-refractivity contribution in [1.82, 2.24) is 3.97 Å². The first-order chi connectivity index (χ1) is 24.6. The minimum atomic E-state index is -2.79. The van der Waals surface area contributed by atoms with E-state index in [2.05, 4.69) is 5.18 Å². The first kappa shape index (κ1) is 34.5. The third kappa shape index (κ3) is 6.53. The van der Waals surface area contributed by atoms with E-state index in [4.69, 9.17) is 4.74 Å². The van der Waals surface area contributed by atoms with Gasteiger partial charge in [0.1, 0.15) is 40.3 Å². The zero-order valence-corrected chi connectivity index (χ0v) is 26.6. The molecule has 1 heterocycles. The number of nitriles is 2. The van der Waals surface area contributed by atoms with Crippen molar-refractivity contribution in [2.75, 3.05) is 6.61 Å². The molecule has 14 heteroatoms. The van der Waals surface area contributed by atoms with Gasteiger partial charge in [0.05, 0.1) is 34.3 Å². The second-order valence-electron chi connectivity index (χ2n) is 10.9. The largest absolute Gasteiger partial charge is 0.587 e. The van der Waals surface area contributed by atoms with Crippen molar-refractivity contribution in [2.24, 2.45) is 5.18 Å². The number of aromatic nitrogens is 1. The molecular formula is C37H19F5N4O4S. The molecule has 1 atom stereocenters. The number of benzene rings is 5. The van der Waals surface area contributed by atoms with Crippen molar-refractivity contribution in [2.45, 2.75) is 11.3 Å². The Morgan fingerprint density at radius 2 is 1.45 bits per heavy atom. The SMILES string of the molecule is N#Cc1cccc(C#N)c1-c1c(-c2cccc(-c3c(F)cc(OCC(=O)N=O)cc3F)c2)n([S+]([O-])c2ccc(C(F)F)cc2)c2ccc(F)cc12. The van der Waals surface area contributed by atoms with Crippen molar-refractivity contribution >= 4 is 28.2 Å². The number of rotatable bonds is 9. The highest BCUT2D eigenvalue weighted by Crippen LogP contribution is 2.46. The summed E-state index contributed by atoms with van der Waals surface area (Å²) in [6.45, 7) is -0.845. The number of nitroso groups, excluding NO2 is 1. The highest BCUT2D eigenvalue weighted by Gasteiger charge is 2.31. The van der Waals surface area contributed by atoms with Crippen LogP contribution in [0.5, 0.6) is 5.75 Å². The van der Waals surface area contributed by atoms with E-state index in [-0.39, 0.29) is 60.4 Å². The van der Waals surface area contributed by atoms with Crippen LogP contribution in [0.2, 0.25) is 0 Å². The van der Waals surface area contributed by atoms with Gasteiger partial charge in [0.2, 0.25) is 0 Å². The van der Waals surface area contributed by atoms with Gasteiger partial charge in [-0.25, -0.2) is 22.0 Å². The molecule has 6 rings (SSSR count). The summed E-state index contributed by atoms with van der Waals surface area (Å²) >= 11 is -2.24. The number of alkyl halides is 2. The summed E-state index contributed by atoms with van der Waals surface area (Å²) in [4.78, 5) is 21.6.